The minimum atomic E-state index is -0.619. The van der Waals surface area contributed by atoms with Gasteiger partial charge in [0.15, 0.2) is 0 Å². The molecular weight excluding hydrogens is 392 g/mol. The average Bonchev–Trinajstić information content (AvgIpc) is 2.44. The first kappa shape index (κ1) is 15.6. The second-order valence-electron chi connectivity index (χ2n) is 4.17. The van der Waals surface area contributed by atoms with E-state index in [4.69, 9.17) is 9.84 Å². The third kappa shape index (κ3) is 3.67. The quantitative estimate of drug-likeness (QED) is 0.470. The van der Waals surface area contributed by atoms with E-state index in [1.165, 1.54) is 0 Å². The predicted octanol–water partition coefficient (Wildman–Crippen LogP) is 3.67. The van der Waals surface area contributed by atoms with E-state index in [-0.39, 0.29) is 21.6 Å². The molecule has 5 nitrogen and oxygen atoms in total. The summed E-state index contributed by atoms with van der Waals surface area (Å²) in [6, 6.07) is 8.94. The molecule has 0 unspecified atom stereocenters. The maximum Gasteiger partial charge on any atom is 0.312 e. The molecule has 0 radical (unpaired) electrons. The van der Waals surface area contributed by atoms with Gasteiger partial charge in [-0.3, -0.25) is 10.1 Å². The number of benzene rings is 2. The Morgan fingerprint density at radius 2 is 2.00 bits per heavy atom. The molecule has 110 valence electrons. The van der Waals surface area contributed by atoms with Crippen molar-refractivity contribution in [3.8, 4) is 11.5 Å². The van der Waals surface area contributed by atoms with E-state index in [2.05, 4.69) is 0 Å². The Balaban J connectivity index is 2.44. The number of aliphatic hydroxyl groups excluding tert-OH is 1. The zero-order chi connectivity index (χ0) is 15.4. The van der Waals surface area contributed by atoms with Crippen LogP contribution in [0.5, 0.6) is 11.5 Å². The molecule has 0 aliphatic carbocycles. The van der Waals surface area contributed by atoms with Crippen LogP contribution in [0.3, 0.4) is 0 Å². The highest BCUT2D eigenvalue weighted by atomic mass is 127. The predicted molar refractivity (Wildman–Crippen MR) is 83.1 cm³/mol. The van der Waals surface area contributed by atoms with Gasteiger partial charge in [0.2, 0.25) is 5.75 Å². The van der Waals surface area contributed by atoms with Crippen molar-refractivity contribution in [3.63, 3.8) is 0 Å². The summed E-state index contributed by atoms with van der Waals surface area (Å²) >= 11 is 1.68. The van der Waals surface area contributed by atoms with Crippen molar-refractivity contribution in [2.75, 3.05) is 6.61 Å². The summed E-state index contributed by atoms with van der Waals surface area (Å²) in [6.45, 7) is -0.0798. The molecule has 0 saturated carbocycles. The summed E-state index contributed by atoms with van der Waals surface area (Å²) in [5.74, 6) is -0.394. The van der Waals surface area contributed by atoms with Gasteiger partial charge in [-0.15, -0.1) is 0 Å². The van der Waals surface area contributed by atoms with Gasteiger partial charge in [0.05, 0.1) is 8.49 Å². The van der Waals surface area contributed by atoms with Crippen LogP contribution >= 0.6 is 22.6 Å². The molecule has 0 bridgehead atoms. The summed E-state index contributed by atoms with van der Waals surface area (Å²) < 4.78 is 19.3. The van der Waals surface area contributed by atoms with E-state index in [1.807, 2.05) is 0 Å². The lowest BCUT2D eigenvalue weighted by Gasteiger charge is -2.11. The summed E-state index contributed by atoms with van der Waals surface area (Å²) in [7, 11) is 0. The summed E-state index contributed by atoms with van der Waals surface area (Å²) in [4.78, 5) is 10.4. The molecule has 2 rings (SSSR count). The smallest absolute Gasteiger partial charge is 0.312 e. The fourth-order valence-corrected chi connectivity index (χ4v) is 2.24. The zero-order valence-electron chi connectivity index (χ0n) is 10.8. The molecule has 2 aromatic carbocycles. The zero-order valence-corrected chi connectivity index (χ0v) is 12.9. The molecule has 1 N–H and O–H groups in total. The molecule has 0 aromatic heterocycles. The van der Waals surface area contributed by atoms with Crippen molar-refractivity contribution in [2.24, 2.45) is 0 Å². The van der Waals surface area contributed by atoms with E-state index in [1.54, 1.807) is 46.9 Å². The largest absolute Gasteiger partial charge is 0.450 e. The number of hydrogen-bond donors (Lipinski definition) is 1. The molecule has 7 heteroatoms. The van der Waals surface area contributed by atoms with Crippen LogP contribution in [0.25, 0.3) is 0 Å². The highest BCUT2D eigenvalue weighted by molar-refractivity contribution is 14.1. The molecule has 0 amide bonds. The van der Waals surface area contributed by atoms with Gasteiger partial charge in [0.1, 0.15) is 11.6 Å². The topological polar surface area (TPSA) is 72.6 Å². The summed E-state index contributed by atoms with van der Waals surface area (Å²) in [5, 5.41) is 20.1. The van der Waals surface area contributed by atoms with Crippen LogP contribution < -0.4 is 4.74 Å². The van der Waals surface area contributed by atoms with Crippen molar-refractivity contribution < 1.29 is 19.2 Å². The lowest BCUT2D eigenvalue weighted by atomic mass is 10.1. The second-order valence-corrected chi connectivity index (χ2v) is 5.34. The molecule has 0 saturated heterocycles. The highest BCUT2D eigenvalue weighted by Gasteiger charge is 2.20. The number of halogens is 2. The Bertz CT molecular complexity index is 678. The molecule has 2 aromatic rings. The van der Waals surface area contributed by atoms with Crippen molar-refractivity contribution >= 4 is 28.3 Å². The first-order valence-corrected chi connectivity index (χ1v) is 7.11. The molecule has 0 spiro atoms. The van der Waals surface area contributed by atoms with E-state index in [0.717, 1.165) is 12.1 Å². The molecular formula is C14H11FINO4. The number of aliphatic hydroxyl groups is 1. The normalized spacial score (nSPS) is 10.4. The minimum Gasteiger partial charge on any atom is -0.450 e. The van der Waals surface area contributed by atoms with E-state index < -0.39 is 10.7 Å². The number of para-hydroxylation sites is 1. The molecule has 21 heavy (non-hydrogen) atoms. The molecule has 0 aliphatic heterocycles. The lowest BCUT2D eigenvalue weighted by molar-refractivity contribution is -0.385. The Hall–Kier alpha value is -1.74. The number of ether oxygens (including phenoxy) is 1. The average molecular weight is 403 g/mol. The van der Waals surface area contributed by atoms with Gasteiger partial charge in [0, 0.05) is 18.7 Å². The van der Waals surface area contributed by atoms with Gasteiger partial charge >= 0.3 is 5.69 Å². The number of nitro groups is 1. The van der Waals surface area contributed by atoms with Gasteiger partial charge in [0.25, 0.3) is 0 Å². The summed E-state index contributed by atoms with van der Waals surface area (Å²) in [5.41, 5.74) is 0.382. The Kier molecular flexibility index (Phi) is 5.07. The fourth-order valence-electron chi connectivity index (χ4n) is 1.79. The van der Waals surface area contributed by atoms with Crippen LogP contribution in [0.4, 0.5) is 10.1 Å². The Morgan fingerprint density at radius 3 is 2.67 bits per heavy atom. The third-order valence-electron chi connectivity index (χ3n) is 2.77. The summed E-state index contributed by atoms with van der Waals surface area (Å²) in [6.07, 6.45) is 0.344. The van der Waals surface area contributed by atoms with E-state index in [9.17, 15) is 14.5 Å². The van der Waals surface area contributed by atoms with Crippen molar-refractivity contribution in [1.29, 1.82) is 0 Å². The third-order valence-corrected chi connectivity index (χ3v) is 3.60. The van der Waals surface area contributed by atoms with Gasteiger partial charge in [-0.25, -0.2) is 4.39 Å². The van der Waals surface area contributed by atoms with Crippen LogP contribution in [-0.2, 0) is 6.42 Å². The molecule has 0 aliphatic rings. The Morgan fingerprint density at radius 1 is 1.29 bits per heavy atom. The van der Waals surface area contributed by atoms with Crippen LogP contribution in [0.15, 0.2) is 36.4 Å². The van der Waals surface area contributed by atoms with Crippen molar-refractivity contribution in [3.05, 3.63) is 61.5 Å². The van der Waals surface area contributed by atoms with E-state index >= 15 is 0 Å². The van der Waals surface area contributed by atoms with Crippen LogP contribution in [0.1, 0.15) is 5.56 Å². The number of rotatable bonds is 5. The van der Waals surface area contributed by atoms with Crippen molar-refractivity contribution in [2.45, 2.75) is 6.42 Å². The molecule has 0 atom stereocenters. The lowest BCUT2D eigenvalue weighted by Crippen LogP contribution is -1.99. The monoisotopic (exact) mass is 403 g/mol. The van der Waals surface area contributed by atoms with Crippen LogP contribution in [-0.4, -0.2) is 16.6 Å². The van der Waals surface area contributed by atoms with Gasteiger partial charge in [-0.05, 0) is 40.6 Å². The molecule has 0 heterocycles. The van der Waals surface area contributed by atoms with Gasteiger partial charge in [-0.2, -0.15) is 0 Å². The number of nitro benzene ring substituents is 1. The van der Waals surface area contributed by atoms with Crippen LogP contribution in [0.2, 0.25) is 0 Å². The Labute approximate surface area is 133 Å². The first-order valence-electron chi connectivity index (χ1n) is 6.03. The van der Waals surface area contributed by atoms with E-state index in [0.29, 0.717) is 17.7 Å². The van der Waals surface area contributed by atoms with Gasteiger partial charge < -0.3 is 9.84 Å². The standard InChI is InChI=1S/C14H11FINO4/c15-10-7-14(12(17(19)20)8-11(10)16)21-13-4-2-1-3-9(13)5-6-18/h1-4,7-8,18H,5-6H2. The molecule has 0 fully saturated rings. The fraction of sp³-hybridized carbons (Fsp3) is 0.143. The second kappa shape index (κ2) is 6.81. The maximum atomic E-state index is 13.6. The SMILES string of the molecule is O=[N+]([O-])c1cc(I)c(F)cc1Oc1ccccc1CCO. The first-order chi connectivity index (χ1) is 10.0. The van der Waals surface area contributed by atoms with Gasteiger partial charge in [-0.1, -0.05) is 18.2 Å². The van der Waals surface area contributed by atoms with Crippen LogP contribution in [0, 0.1) is 19.5 Å². The van der Waals surface area contributed by atoms with Crippen molar-refractivity contribution in [1.82, 2.24) is 0 Å². The number of nitrogens with zero attached hydrogens (tertiary/aromatic N) is 1. The highest BCUT2D eigenvalue weighted by Crippen LogP contribution is 2.35. The minimum absolute atomic E-state index is 0.0798. The maximum absolute atomic E-state index is 13.6. The number of hydrogen-bond acceptors (Lipinski definition) is 4.